The first-order chi connectivity index (χ1) is 19.3. The topological polar surface area (TPSA) is 117 Å². The first-order valence-corrected chi connectivity index (χ1v) is 12.1. The highest BCUT2D eigenvalue weighted by Crippen LogP contribution is 2.35. The third-order valence-electron chi connectivity index (χ3n) is 6.09. The third-order valence-corrected chi connectivity index (χ3v) is 6.09. The molecule has 1 amide bonds. The van der Waals surface area contributed by atoms with Crippen molar-refractivity contribution in [3.05, 3.63) is 100 Å². The van der Waals surface area contributed by atoms with Crippen LogP contribution in [0, 0.1) is 19.7 Å². The van der Waals surface area contributed by atoms with Crippen molar-refractivity contribution in [2.75, 3.05) is 19.5 Å². The summed E-state index contributed by atoms with van der Waals surface area (Å²) < 4.78 is 32.8. The maximum Gasteiger partial charge on any atom is 0.268 e. The molecule has 0 saturated carbocycles. The number of ether oxygens (including phenoxy) is 3. The van der Waals surface area contributed by atoms with Crippen molar-refractivity contribution in [2.24, 2.45) is 0 Å². The second-order valence-corrected chi connectivity index (χ2v) is 8.76. The molecule has 0 aliphatic rings. The smallest absolute Gasteiger partial charge is 0.268 e. The van der Waals surface area contributed by atoms with Crippen LogP contribution in [0.1, 0.15) is 21.7 Å². The van der Waals surface area contributed by atoms with E-state index in [1.165, 1.54) is 43.2 Å². The zero-order chi connectivity index (χ0) is 28.4. The number of fused-ring (bicyclic) bond motifs is 1. The number of methoxy groups -OCH3 is 2. The first kappa shape index (κ1) is 26.3. The van der Waals surface area contributed by atoms with Crippen LogP contribution in [-0.2, 0) is 0 Å². The Balaban J connectivity index is 1.40. The van der Waals surface area contributed by atoms with E-state index in [1.54, 1.807) is 43.5 Å². The van der Waals surface area contributed by atoms with Crippen LogP contribution in [0.2, 0.25) is 0 Å². The number of hydrogen-bond donors (Lipinski definition) is 1. The van der Waals surface area contributed by atoms with Gasteiger partial charge >= 0.3 is 0 Å². The molecule has 11 heteroatoms. The summed E-state index contributed by atoms with van der Waals surface area (Å²) >= 11 is 0. The van der Waals surface area contributed by atoms with E-state index in [-0.39, 0.29) is 28.6 Å². The summed E-state index contributed by atoms with van der Waals surface area (Å²) in [6.45, 7) is 3.57. The highest BCUT2D eigenvalue weighted by Gasteiger charge is 2.18. The number of amides is 1. The molecule has 0 atom stereocenters. The lowest BCUT2D eigenvalue weighted by Gasteiger charge is -2.13. The van der Waals surface area contributed by atoms with Gasteiger partial charge in [0.05, 0.1) is 25.4 Å². The second-order valence-electron chi connectivity index (χ2n) is 8.76. The Hall–Kier alpha value is -5.32. The van der Waals surface area contributed by atoms with Gasteiger partial charge < -0.3 is 19.5 Å². The summed E-state index contributed by atoms with van der Waals surface area (Å²) in [5, 5.41) is 2.58. The highest BCUT2D eigenvalue weighted by molar-refractivity contribution is 6.04. The van der Waals surface area contributed by atoms with E-state index in [1.807, 2.05) is 6.92 Å². The number of hydrogen-bond acceptors (Lipinski definition) is 8. The fraction of sp³-hybridized carbons (Fsp3) is 0.138. The lowest BCUT2D eigenvalue weighted by molar-refractivity contribution is 0.102. The first-order valence-electron chi connectivity index (χ1n) is 12.1. The number of rotatable bonds is 7. The Morgan fingerprint density at radius 1 is 0.900 bits per heavy atom. The molecule has 4 aromatic heterocycles. The van der Waals surface area contributed by atoms with Crippen LogP contribution >= 0.6 is 0 Å². The van der Waals surface area contributed by atoms with Crippen LogP contribution < -0.4 is 25.1 Å². The number of benzene rings is 1. The van der Waals surface area contributed by atoms with Gasteiger partial charge in [0.25, 0.3) is 17.3 Å². The lowest BCUT2D eigenvalue weighted by atomic mass is 10.2. The van der Waals surface area contributed by atoms with E-state index < -0.39 is 17.3 Å². The lowest BCUT2D eigenvalue weighted by Crippen LogP contribution is -2.29. The highest BCUT2D eigenvalue weighted by atomic mass is 19.1. The molecule has 0 unspecified atom stereocenters. The molecular formula is C29H24FN5O5. The van der Waals surface area contributed by atoms with E-state index in [0.717, 1.165) is 11.8 Å². The van der Waals surface area contributed by atoms with Crippen molar-refractivity contribution >= 4 is 22.6 Å². The summed E-state index contributed by atoms with van der Waals surface area (Å²) in [6, 6.07) is 13.7. The van der Waals surface area contributed by atoms with Crippen molar-refractivity contribution in [3.63, 3.8) is 0 Å². The molecule has 40 heavy (non-hydrogen) atoms. The summed E-state index contributed by atoms with van der Waals surface area (Å²) in [6.07, 6.45) is 3.09. The van der Waals surface area contributed by atoms with Crippen molar-refractivity contribution in [1.82, 2.24) is 19.5 Å². The van der Waals surface area contributed by atoms with Crippen molar-refractivity contribution in [3.8, 4) is 28.8 Å². The largest absolute Gasteiger partial charge is 0.491 e. The zero-order valence-electron chi connectivity index (χ0n) is 22.1. The standard InChI is InChI=1S/C29H24FN5O5/c1-16-13-19(9-11-31-16)35-17(2)5-7-20(29(35)37)27(36)33-18-6-8-23(21(30)14-18)40-24-10-12-32-22-15-25(38-3)28(39-4)34-26(22)24/h5-15H,1-4H3,(H,33,36). The third kappa shape index (κ3) is 5.04. The quantitative estimate of drug-likeness (QED) is 0.306. The molecule has 5 aromatic rings. The molecule has 202 valence electrons. The minimum Gasteiger partial charge on any atom is -0.491 e. The van der Waals surface area contributed by atoms with Gasteiger partial charge in [-0.3, -0.25) is 24.1 Å². The molecule has 5 rings (SSSR count). The Bertz CT molecular complexity index is 1820. The minimum atomic E-state index is -0.739. The monoisotopic (exact) mass is 541 g/mol. The zero-order valence-corrected chi connectivity index (χ0v) is 22.1. The molecule has 0 spiro atoms. The Morgan fingerprint density at radius 3 is 2.42 bits per heavy atom. The van der Waals surface area contributed by atoms with E-state index in [0.29, 0.717) is 28.2 Å². The van der Waals surface area contributed by atoms with Crippen molar-refractivity contribution < 1.29 is 23.4 Å². The number of carbonyl (C=O) groups excluding carboxylic acids is 1. The van der Waals surface area contributed by atoms with Crippen LogP contribution in [0.15, 0.2) is 71.8 Å². The predicted octanol–water partition coefficient (Wildman–Crippen LogP) is 4.99. The molecule has 1 N–H and O–H groups in total. The number of aromatic nitrogens is 4. The molecule has 4 heterocycles. The predicted molar refractivity (Wildman–Crippen MR) is 146 cm³/mol. The summed E-state index contributed by atoms with van der Waals surface area (Å²) in [4.78, 5) is 39.0. The number of pyridine rings is 4. The van der Waals surface area contributed by atoms with Gasteiger partial charge in [0.15, 0.2) is 23.1 Å². The molecule has 0 radical (unpaired) electrons. The number of carbonyl (C=O) groups is 1. The average molecular weight is 542 g/mol. The summed E-state index contributed by atoms with van der Waals surface area (Å²) in [5.41, 5.74) is 2.31. The van der Waals surface area contributed by atoms with E-state index in [2.05, 4.69) is 20.3 Å². The minimum absolute atomic E-state index is 0.0977. The van der Waals surface area contributed by atoms with E-state index >= 15 is 4.39 Å². The van der Waals surface area contributed by atoms with Crippen LogP contribution in [0.4, 0.5) is 10.1 Å². The Labute approximate surface area is 228 Å². The molecule has 0 saturated heterocycles. The molecular weight excluding hydrogens is 517 g/mol. The van der Waals surface area contributed by atoms with Crippen LogP contribution in [0.3, 0.4) is 0 Å². The average Bonchev–Trinajstić information content (AvgIpc) is 2.94. The van der Waals surface area contributed by atoms with Gasteiger partial charge in [0, 0.05) is 47.7 Å². The van der Waals surface area contributed by atoms with Gasteiger partial charge in [-0.25, -0.2) is 9.37 Å². The van der Waals surface area contributed by atoms with Crippen LogP contribution in [0.5, 0.6) is 23.1 Å². The van der Waals surface area contributed by atoms with Crippen LogP contribution in [-0.4, -0.2) is 39.6 Å². The SMILES string of the molecule is COc1cc2nccc(Oc3ccc(NC(=O)c4ccc(C)n(-c5ccnc(C)c5)c4=O)cc3F)c2nc1OC. The molecule has 0 fully saturated rings. The van der Waals surface area contributed by atoms with Gasteiger partial charge in [-0.15, -0.1) is 0 Å². The number of aryl methyl sites for hydroxylation is 2. The summed E-state index contributed by atoms with van der Waals surface area (Å²) in [7, 11) is 2.93. The molecule has 0 bridgehead atoms. The van der Waals surface area contributed by atoms with Crippen LogP contribution in [0.25, 0.3) is 16.7 Å². The number of halogens is 1. The fourth-order valence-corrected chi connectivity index (χ4v) is 4.16. The van der Waals surface area contributed by atoms with Gasteiger partial charge in [-0.05, 0) is 50.2 Å². The molecule has 0 aliphatic carbocycles. The molecule has 0 aliphatic heterocycles. The number of nitrogens with one attached hydrogen (secondary N) is 1. The van der Waals surface area contributed by atoms with Gasteiger partial charge in [0.2, 0.25) is 0 Å². The van der Waals surface area contributed by atoms with Gasteiger partial charge in [-0.2, -0.15) is 0 Å². The molecule has 10 nitrogen and oxygen atoms in total. The summed E-state index contributed by atoms with van der Waals surface area (Å²) in [5.74, 6) is -0.663. The van der Waals surface area contributed by atoms with Crippen molar-refractivity contribution in [2.45, 2.75) is 13.8 Å². The maximum absolute atomic E-state index is 15.1. The Morgan fingerprint density at radius 2 is 1.70 bits per heavy atom. The second kappa shape index (κ2) is 10.8. The Kier molecular flexibility index (Phi) is 7.11. The fourth-order valence-electron chi connectivity index (χ4n) is 4.16. The van der Waals surface area contributed by atoms with E-state index in [4.69, 9.17) is 14.2 Å². The molecule has 1 aromatic carbocycles. The number of nitrogens with zero attached hydrogens (tertiary/aromatic N) is 4. The normalized spacial score (nSPS) is 10.8. The van der Waals surface area contributed by atoms with Crippen molar-refractivity contribution in [1.29, 1.82) is 0 Å². The van der Waals surface area contributed by atoms with Gasteiger partial charge in [0.1, 0.15) is 11.1 Å². The number of anilines is 1. The van der Waals surface area contributed by atoms with Gasteiger partial charge in [-0.1, -0.05) is 0 Å². The maximum atomic E-state index is 15.1. The van der Waals surface area contributed by atoms with E-state index in [9.17, 15) is 9.59 Å².